The van der Waals surface area contributed by atoms with Crippen LogP contribution < -0.4 is 5.32 Å². The van der Waals surface area contributed by atoms with E-state index in [4.69, 9.17) is 0 Å². The Morgan fingerprint density at radius 1 is 0.971 bits per heavy atom. The number of hydrogen-bond acceptors (Lipinski definition) is 6. The quantitative estimate of drug-likeness (QED) is 0.483. The third-order valence-electron chi connectivity index (χ3n) is 4.98. The van der Waals surface area contributed by atoms with Gasteiger partial charge in [-0.05, 0) is 55.3 Å². The van der Waals surface area contributed by atoms with Crippen molar-refractivity contribution in [2.75, 3.05) is 20.3 Å². The number of aromatic nitrogens is 2. The second-order valence-electron chi connectivity index (χ2n) is 7.28. The summed E-state index contributed by atoms with van der Waals surface area (Å²) in [6.45, 7) is 1.71. The molecule has 35 heavy (non-hydrogen) atoms. The van der Waals surface area contributed by atoms with E-state index >= 15 is 0 Å². The van der Waals surface area contributed by atoms with Crippen molar-refractivity contribution in [1.29, 1.82) is 0 Å². The summed E-state index contributed by atoms with van der Waals surface area (Å²) < 4.78 is 50.8. The minimum absolute atomic E-state index is 0.0233. The van der Waals surface area contributed by atoms with E-state index in [0.717, 1.165) is 11.8 Å². The molecule has 1 heterocycles. The Bertz CT molecular complexity index is 1200. The molecule has 0 fully saturated rings. The lowest BCUT2D eigenvalue weighted by atomic mass is 10.1. The number of esters is 2. The first-order valence-electron chi connectivity index (χ1n) is 10.5. The van der Waals surface area contributed by atoms with Gasteiger partial charge in [0.15, 0.2) is 5.69 Å². The van der Waals surface area contributed by atoms with Crippen LogP contribution in [-0.4, -0.2) is 47.9 Å². The van der Waals surface area contributed by atoms with Crippen molar-refractivity contribution in [2.24, 2.45) is 0 Å². The summed E-state index contributed by atoms with van der Waals surface area (Å²) in [5, 5.41) is 6.43. The van der Waals surface area contributed by atoms with Gasteiger partial charge in [-0.25, -0.2) is 14.3 Å². The van der Waals surface area contributed by atoms with Crippen LogP contribution in [0.1, 0.15) is 49.3 Å². The zero-order chi connectivity index (χ0) is 25.6. The van der Waals surface area contributed by atoms with Gasteiger partial charge in [0, 0.05) is 12.1 Å². The van der Waals surface area contributed by atoms with E-state index < -0.39 is 35.3 Å². The van der Waals surface area contributed by atoms with E-state index in [0.29, 0.717) is 23.2 Å². The fraction of sp³-hybridized carbons (Fsp3) is 0.250. The number of halogens is 3. The molecule has 1 aromatic heterocycles. The largest absolute Gasteiger partial charge is 0.465 e. The zero-order valence-corrected chi connectivity index (χ0v) is 18.9. The first kappa shape index (κ1) is 25.5. The van der Waals surface area contributed by atoms with Crippen LogP contribution in [0.15, 0.2) is 54.7 Å². The monoisotopic (exact) mass is 489 g/mol. The Kier molecular flexibility index (Phi) is 7.90. The van der Waals surface area contributed by atoms with Crippen LogP contribution in [0.5, 0.6) is 0 Å². The average molecular weight is 489 g/mol. The topological polar surface area (TPSA) is 99.5 Å². The fourth-order valence-corrected chi connectivity index (χ4v) is 3.28. The molecule has 184 valence electrons. The van der Waals surface area contributed by atoms with Crippen molar-refractivity contribution in [3.63, 3.8) is 0 Å². The molecule has 0 aliphatic carbocycles. The van der Waals surface area contributed by atoms with Crippen LogP contribution in [0.3, 0.4) is 0 Å². The lowest BCUT2D eigenvalue weighted by Crippen LogP contribution is -2.25. The van der Waals surface area contributed by atoms with Crippen molar-refractivity contribution < 1.29 is 37.0 Å². The van der Waals surface area contributed by atoms with E-state index in [1.54, 1.807) is 24.3 Å². The van der Waals surface area contributed by atoms with Crippen molar-refractivity contribution >= 4 is 17.8 Å². The Morgan fingerprint density at radius 3 is 2.17 bits per heavy atom. The lowest BCUT2D eigenvalue weighted by molar-refractivity contribution is -0.143. The summed E-state index contributed by atoms with van der Waals surface area (Å²) in [7, 11) is 1.29. The number of nitrogens with zero attached hydrogens (tertiary/aromatic N) is 2. The first-order chi connectivity index (χ1) is 16.7. The third kappa shape index (κ3) is 6.05. The molecule has 1 amide bonds. The maximum atomic E-state index is 13.6. The number of methoxy groups -OCH3 is 1. The molecular weight excluding hydrogens is 467 g/mol. The van der Waals surface area contributed by atoms with Gasteiger partial charge in [-0.2, -0.15) is 18.3 Å². The van der Waals surface area contributed by atoms with Crippen molar-refractivity contribution in [2.45, 2.75) is 19.5 Å². The predicted molar refractivity (Wildman–Crippen MR) is 118 cm³/mol. The molecule has 3 rings (SSSR count). The number of nitrogens with one attached hydrogen (secondary N) is 1. The normalized spacial score (nSPS) is 11.1. The summed E-state index contributed by atoms with van der Waals surface area (Å²) in [5.41, 5.74) is -0.381. The second kappa shape index (κ2) is 10.9. The standard InChI is InChI=1S/C24H22F3N3O5/c1-3-35-23(33)19-14-29-30(20(19)24(25,26)27)18-10-8-16(9-11-18)21(31)28-13-12-15-4-6-17(7-5-15)22(32)34-2/h4-11,14H,3,12-13H2,1-2H3,(H,28,31). The SMILES string of the molecule is CCOC(=O)c1cnn(-c2ccc(C(=O)NCCc3ccc(C(=O)OC)cc3)cc2)c1C(F)(F)F. The maximum Gasteiger partial charge on any atom is 0.434 e. The van der Waals surface area contributed by atoms with Crippen LogP contribution in [0.2, 0.25) is 0 Å². The molecule has 8 nitrogen and oxygen atoms in total. The van der Waals surface area contributed by atoms with Gasteiger partial charge in [-0.1, -0.05) is 12.1 Å². The molecule has 0 saturated heterocycles. The van der Waals surface area contributed by atoms with E-state index in [1.807, 2.05) is 0 Å². The van der Waals surface area contributed by atoms with Crippen LogP contribution in [-0.2, 0) is 22.1 Å². The molecule has 0 aliphatic heterocycles. The first-order valence-corrected chi connectivity index (χ1v) is 10.5. The van der Waals surface area contributed by atoms with Gasteiger partial charge >= 0.3 is 18.1 Å². The second-order valence-corrected chi connectivity index (χ2v) is 7.28. The van der Waals surface area contributed by atoms with E-state index in [1.165, 1.54) is 38.3 Å². The third-order valence-corrected chi connectivity index (χ3v) is 4.98. The molecule has 3 aromatic rings. The van der Waals surface area contributed by atoms with Crippen molar-refractivity contribution in [3.05, 3.63) is 82.7 Å². The van der Waals surface area contributed by atoms with Gasteiger partial charge < -0.3 is 14.8 Å². The van der Waals surface area contributed by atoms with Crippen LogP contribution in [0.25, 0.3) is 5.69 Å². The van der Waals surface area contributed by atoms with Gasteiger partial charge in [0.05, 0.1) is 31.2 Å². The minimum Gasteiger partial charge on any atom is -0.465 e. The Morgan fingerprint density at radius 2 is 1.60 bits per heavy atom. The fourth-order valence-electron chi connectivity index (χ4n) is 3.28. The summed E-state index contributed by atoms with van der Waals surface area (Å²) in [4.78, 5) is 35.8. The summed E-state index contributed by atoms with van der Waals surface area (Å²) in [6, 6.07) is 12.1. The highest BCUT2D eigenvalue weighted by molar-refractivity contribution is 5.94. The van der Waals surface area contributed by atoms with Gasteiger partial charge in [0.25, 0.3) is 5.91 Å². The molecule has 0 saturated carbocycles. The smallest absolute Gasteiger partial charge is 0.434 e. The lowest BCUT2D eigenvalue weighted by Gasteiger charge is -2.13. The highest BCUT2D eigenvalue weighted by Crippen LogP contribution is 2.34. The van der Waals surface area contributed by atoms with Gasteiger partial charge in [-0.3, -0.25) is 4.79 Å². The Balaban J connectivity index is 1.67. The van der Waals surface area contributed by atoms with Gasteiger partial charge in [0.2, 0.25) is 0 Å². The molecule has 0 bridgehead atoms. The summed E-state index contributed by atoms with van der Waals surface area (Å²) in [6.07, 6.45) is -3.55. The number of carbonyl (C=O) groups is 3. The zero-order valence-electron chi connectivity index (χ0n) is 18.9. The molecule has 0 radical (unpaired) electrons. The highest BCUT2D eigenvalue weighted by atomic mass is 19.4. The molecule has 0 unspecified atom stereocenters. The number of rotatable bonds is 8. The molecule has 0 aliphatic rings. The molecule has 2 aromatic carbocycles. The minimum atomic E-state index is -4.86. The molecule has 11 heteroatoms. The van der Waals surface area contributed by atoms with Crippen molar-refractivity contribution in [3.8, 4) is 5.69 Å². The number of amides is 1. The molecular formula is C24H22F3N3O5. The number of ether oxygens (including phenoxy) is 2. The number of alkyl halides is 3. The van der Waals surface area contributed by atoms with E-state index in [-0.39, 0.29) is 17.9 Å². The van der Waals surface area contributed by atoms with Gasteiger partial charge in [-0.15, -0.1) is 0 Å². The van der Waals surface area contributed by atoms with Crippen molar-refractivity contribution in [1.82, 2.24) is 15.1 Å². The molecule has 1 N–H and O–H groups in total. The number of carbonyl (C=O) groups excluding carboxylic acids is 3. The van der Waals surface area contributed by atoms with Crippen LogP contribution >= 0.6 is 0 Å². The average Bonchev–Trinajstić information content (AvgIpc) is 3.30. The predicted octanol–water partition coefficient (Wildman–Crippen LogP) is 3.83. The molecule has 0 atom stereocenters. The Hall–Kier alpha value is -4.15. The summed E-state index contributed by atoms with van der Waals surface area (Å²) >= 11 is 0. The van der Waals surface area contributed by atoms with Crippen LogP contribution in [0, 0.1) is 0 Å². The van der Waals surface area contributed by atoms with E-state index in [9.17, 15) is 27.6 Å². The van der Waals surface area contributed by atoms with E-state index in [2.05, 4.69) is 19.9 Å². The Labute approximate surface area is 198 Å². The molecule has 0 spiro atoms. The van der Waals surface area contributed by atoms with Crippen LogP contribution in [0.4, 0.5) is 13.2 Å². The highest BCUT2D eigenvalue weighted by Gasteiger charge is 2.41. The summed E-state index contributed by atoms with van der Waals surface area (Å²) in [5.74, 6) is -1.98. The number of benzene rings is 2. The maximum absolute atomic E-state index is 13.6. The van der Waals surface area contributed by atoms with Gasteiger partial charge in [0.1, 0.15) is 5.56 Å². The number of hydrogen-bond donors (Lipinski definition) is 1.